The molecule has 0 spiro atoms. The van der Waals surface area contributed by atoms with E-state index in [0.29, 0.717) is 11.6 Å². The van der Waals surface area contributed by atoms with E-state index in [-0.39, 0.29) is 5.78 Å². The smallest absolute Gasteiger partial charge is 0.216 e. The summed E-state index contributed by atoms with van der Waals surface area (Å²) in [6.07, 6.45) is 3.27. The largest absolute Gasteiger partial charge is 0.331 e. The Morgan fingerprint density at radius 2 is 1.70 bits per heavy atom. The maximum atomic E-state index is 12.5. The summed E-state index contributed by atoms with van der Waals surface area (Å²) in [6.45, 7) is 1.38. The van der Waals surface area contributed by atoms with Crippen LogP contribution in [0.2, 0.25) is 5.02 Å². The first-order valence-corrected chi connectivity index (χ1v) is 11.6. The summed E-state index contributed by atoms with van der Waals surface area (Å²) in [4.78, 5) is 15.1. The predicted octanol–water partition coefficient (Wildman–Crippen LogP) is 5.17. The van der Waals surface area contributed by atoms with Gasteiger partial charge in [0.1, 0.15) is 6.54 Å². The molecule has 1 aliphatic heterocycles. The van der Waals surface area contributed by atoms with Crippen molar-refractivity contribution in [3.05, 3.63) is 106 Å². The maximum absolute atomic E-state index is 12.5. The topological polar surface area (TPSA) is 21.5 Å². The predicted molar refractivity (Wildman–Crippen MR) is 127 cm³/mol. The van der Waals surface area contributed by atoms with E-state index in [4.69, 9.17) is 11.6 Å². The summed E-state index contributed by atoms with van der Waals surface area (Å²) in [5, 5.41) is 0.654. The number of fused-ring (bicyclic) bond motifs is 2. The molecule has 2 nitrogen and oxygen atoms in total. The van der Waals surface area contributed by atoms with Gasteiger partial charge in [0.25, 0.3) is 0 Å². The second-order valence-electron chi connectivity index (χ2n) is 7.66. The molecule has 0 fully saturated rings. The van der Waals surface area contributed by atoms with Crippen LogP contribution in [0.5, 0.6) is 0 Å². The van der Waals surface area contributed by atoms with Crippen LogP contribution in [0.15, 0.2) is 83.8 Å². The van der Waals surface area contributed by atoms with Crippen LogP contribution in [0.1, 0.15) is 33.5 Å². The van der Waals surface area contributed by atoms with Crippen LogP contribution in [0, 0.1) is 0 Å². The van der Waals surface area contributed by atoms with E-state index in [1.165, 1.54) is 32.1 Å². The molecule has 0 bridgehead atoms. The number of rotatable bonds is 6. The van der Waals surface area contributed by atoms with Crippen molar-refractivity contribution >= 4 is 34.7 Å². The molecule has 0 aromatic heterocycles. The third-order valence-corrected chi connectivity index (χ3v) is 6.79. The Morgan fingerprint density at radius 3 is 2.50 bits per heavy atom. The number of ketones is 1. The summed E-state index contributed by atoms with van der Waals surface area (Å²) in [5.74, 6) is 1.14. The Morgan fingerprint density at radius 1 is 1.00 bits per heavy atom. The van der Waals surface area contributed by atoms with Gasteiger partial charge in [0.05, 0.1) is 13.6 Å². The highest BCUT2D eigenvalue weighted by atomic mass is 35.5. The summed E-state index contributed by atoms with van der Waals surface area (Å²) >= 11 is 7.83. The zero-order chi connectivity index (χ0) is 20.9. The first-order valence-electron chi connectivity index (χ1n) is 10.2. The Hall–Kier alpha value is -2.33. The Labute approximate surface area is 187 Å². The van der Waals surface area contributed by atoms with Crippen molar-refractivity contribution in [3.8, 4) is 0 Å². The number of hydrogen-bond donors (Lipinski definition) is 1. The highest BCUT2D eigenvalue weighted by Crippen LogP contribution is 2.39. The van der Waals surface area contributed by atoms with Gasteiger partial charge in [-0.05, 0) is 52.6 Å². The molecule has 1 atom stereocenters. The van der Waals surface area contributed by atoms with E-state index < -0.39 is 0 Å². The van der Waals surface area contributed by atoms with Gasteiger partial charge in [0, 0.05) is 27.7 Å². The van der Waals surface area contributed by atoms with Crippen molar-refractivity contribution in [1.29, 1.82) is 0 Å². The third kappa shape index (κ3) is 4.86. The van der Waals surface area contributed by atoms with E-state index in [1.54, 1.807) is 24.3 Å². The molecular weight excluding hydrogens is 410 g/mol. The van der Waals surface area contributed by atoms with Gasteiger partial charge in [-0.1, -0.05) is 60.1 Å². The number of quaternary nitrogens is 1. The number of carbonyl (C=O) groups excluding carboxylic acids is 1. The van der Waals surface area contributed by atoms with Gasteiger partial charge in [-0.2, -0.15) is 0 Å². The van der Waals surface area contributed by atoms with Crippen LogP contribution >= 0.6 is 23.4 Å². The fraction of sp³-hybridized carbons (Fsp3) is 0.192. The lowest BCUT2D eigenvalue weighted by atomic mass is 9.93. The number of nitrogens with one attached hydrogen (secondary N) is 1. The Bertz CT molecular complexity index is 1020. The first-order chi connectivity index (χ1) is 14.6. The van der Waals surface area contributed by atoms with E-state index in [9.17, 15) is 4.79 Å². The minimum atomic E-state index is 0.151. The molecule has 0 saturated heterocycles. The number of halogens is 1. The molecule has 4 heteroatoms. The van der Waals surface area contributed by atoms with Crippen LogP contribution in [0.25, 0.3) is 5.57 Å². The van der Waals surface area contributed by atoms with E-state index in [2.05, 4.69) is 61.7 Å². The van der Waals surface area contributed by atoms with E-state index >= 15 is 0 Å². The molecule has 152 valence electrons. The number of carbonyl (C=O) groups is 1. The van der Waals surface area contributed by atoms with Gasteiger partial charge in [0.15, 0.2) is 0 Å². The van der Waals surface area contributed by atoms with Gasteiger partial charge in [-0.15, -0.1) is 11.8 Å². The average molecular weight is 435 g/mol. The quantitative estimate of drug-likeness (QED) is 0.541. The summed E-state index contributed by atoms with van der Waals surface area (Å²) in [5.41, 5.74) is 6.04. The minimum absolute atomic E-state index is 0.151. The van der Waals surface area contributed by atoms with Crippen LogP contribution in [-0.2, 0) is 5.75 Å². The zero-order valence-electron chi connectivity index (χ0n) is 17.0. The van der Waals surface area contributed by atoms with Crippen molar-refractivity contribution in [1.82, 2.24) is 0 Å². The molecule has 1 aliphatic rings. The fourth-order valence-corrected chi connectivity index (χ4v) is 5.00. The van der Waals surface area contributed by atoms with Crippen molar-refractivity contribution in [2.24, 2.45) is 0 Å². The lowest BCUT2D eigenvalue weighted by Crippen LogP contribution is -3.09. The normalized spacial score (nSPS) is 15.2. The number of hydrogen-bond acceptors (Lipinski definition) is 2. The monoisotopic (exact) mass is 434 g/mol. The number of likely N-dealkylation sites (N-methyl/N-ethyl adjacent to an activating group) is 1. The van der Waals surface area contributed by atoms with Crippen molar-refractivity contribution < 1.29 is 9.69 Å². The molecule has 0 aliphatic carbocycles. The molecule has 1 heterocycles. The van der Waals surface area contributed by atoms with E-state index in [1.807, 2.05) is 11.8 Å². The van der Waals surface area contributed by atoms with Crippen molar-refractivity contribution in [3.63, 3.8) is 0 Å². The van der Waals surface area contributed by atoms with Crippen LogP contribution in [-0.4, -0.2) is 25.9 Å². The zero-order valence-corrected chi connectivity index (χ0v) is 18.6. The Kier molecular flexibility index (Phi) is 6.73. The minimum Gasteiger partial charge on any atom is -0.331 e. The number of Topliss-reactive ketones (excluding diaryl/α,β-unsaturated/α-hetero) is 1. The molecule has 0 radical (unpaired) electrons. The summed E-state index contributed by atoms with van der Waals surface area (Å²) in [7, 11) is 2.08. The van der Waals surface area contributed by atoms with E-state index in [0.717, 1.165) is 24.3 Å². The van der Waals surface area contributed by atoms with Crippen LogP contribution in [0.4, 0.5) is 0 Å². The Balaban J connectivity index is 1.48. The molecule has 0 amide bonds. The highest BCUT2D eigenvalue weighted by Gasteiger charge is 2.18. The standard InChI is InChI=1S/C26H24ClNOS/c1-28(17-25(29)19-12-14-21(27)15-13-19)16-6-10-23-22-8-3-2-7-20(22)18-30-26-11-5-4-9-24(23)26/h2-5,7-15H,6,16-18H2,1H3/p+1/b23-10-. The van der Waals surface area contributed by atoms with Crippen molar-refractivity contribution in [2.45, 2.75) is 17.1 Å². The number of thioether (sulfide) groups is 1. The summed E-state index contributed by atoms with van der Waals surface area (Å²) < 4.78 is 0. The maximum Gasteiger partial charge on any atom is 0.216 e. The molecule has 0 saturated carbocycles. The van der Waals surface area contributed by atoms with Gasteiger partial charge in [-0.3, -0.25) is 4.79 Å². The van der Waals surface area contributed by atoms with Gasteiger partial charge >= 0.3 is 0 Å². The third-order valence-electron chi connectivity index (χ3n) is 5.42. The second-order valence-corrected chi connectivity index (χ2v) is 9.12. The van der Waals surface area contributed by atoms with Gasteiger partial charge < -0.3 is 4.90 Å². The molecule has 4 rings (SSSR count). The molecular formula is C26H25ClNOS+. The van der Waals surface area contributed by atoms with Gasteiger partial charge in [0.2, 0.25) is 5.78 Å². The summed E-state index contributed by atoms with van der Waals surface area (Å²) in [6, 6.07) is 24.5. The molecule has 3 aromatic rings. The molecule has 3 aromatic carbocycles. The average Bonchev–Trinajstić information content (AvgIpc) is 2.91. The van der Waals surface area contributed by atoms with Gasteiger partial charge in [-0.25, -0.2) is 0 Å². The van der Waals surface area contributed by atoms with Crippen molar-refractivity contribution in [2.75, 3.05) is 20.1 Å². The number of benzene rings is 3. The second kappa shape index (κ2) is 9.65. The lowest BCUT2D eigenvalue weighted by Gasteiger charge is -2.14. The highest BCUT2D eigenvalue weighted by molar-refractivity contribution is 7.98. The fourth-order valence-electron chi connectivity index (χ4n) is 3.81. The first kappa shape index (κ1) is 20.9. The SMILES string of the molecule is C[NH+](CC/C=C1/c2ccccc2CSc2ccccc21)CC(=O)c1ccc(Cl)cc1. The molecule has 30 heavy (non-hydrogen) atoms. The molecule has 1 N–H and O–H groups in total. The molecule has 1 unspecified atom stereocenters. The van der Waals surface area contributed by atoms with Crippen LogP contribution in [0.3, 0.4) is 0 Å². The lowest BCUT2D eigenvalue weighted by molar-refractivity contribution is -0.870. The van der Waals surface area contributed by atoms with Crippen LogP contribution < -0.4 is 4.90 Å².